The molecule has 1 aromatic heterocycles. The lowest BCUT2D eigenvalue weighted by Gasteiger charge is -1.54. The van der Waals surface area contributed by atoms with Crippen LogP contribution in [0.1, 0.15) is 13.8 Å². The average Bonchev–Trinajstić information content (AvgIpc) is 2.67. The molecule has 0 aliphatic carbocycles. The van der Waals surface area contributed by atoms with Crippen molar-refractivity contribution in [3.8, 4) is 0 Å². The minimum absolute atomic E-state index is 0. The second-order valence-electron chi connectivity index (χ2n) is 1.71. The van der Waals surface area contributed by atoms with Gasteiger partial charge >= 0.3 is 0 Å². The molecular weight excluding hydrogens is 138 g/mol. The van der Waals surface area contributed by atoms with E-state index in [1.165, 1.54) is 0 Å². The van der Waals surface area contributed by atoms with Crippen LogP contribution in [0.2, 0.25) is 0 Å². The van der Waals surface area contributed by atoms with Gasteiger partial charge in [0, 0.05) is 31.2 Å². The molecule has 1 N–H and O–H groups in total. The van der Waals surface area contributed by atoms with Crippen molar-refractivity contribution in [2.75, 3.05) is 0 Å². The highest BCUT2D eigenvalue weighted by molar-refractivity contribution is 5.62. The lowest BCUT2D eigenvalue weighted by atomic mass is 10.5. The van der Waals surface area contributed by atoms with Crippen LogP contribution in [0.5, 0.6) is 0 Å². The number of hydrogen-bond donors (Lipinski definition) is 1. The normalized spacial score (nSPS) is 11.6. The number of rotatable bonds is 0. The topological polar surface area (TPSA) is 41.0 Å². The fraction of sp³-hybridized carbons (Fsp3) is 0.250. The van der Waals surface area contributed by atoms with Crippen molar-refractivity contribution in [3.05, 3.63) is 31.0 Å². The van der Waals surface area contributed by atoms with E-state index in [2.05, 4.69) is 15.0 Å². The predicted molar refractivity (Wildman–Crippen MR) is 47.6 cm³/mol. The summed E-state index contributed by atoms with van der Waals surface area (Å²) in [6.07, 6.45) is 11.8. The van der Waals surface area contributed by atoms with Gasteiger partial charge in [0.2, 0.25) is 0 Å². The molecule has 1 aliphatic rings. The molecular formula is C8H13N3. The SMILES string of the molecule is C.C1=CN=CC1.c1c[nH]cn1. The van der Waals surface area contributed by atoms with E-state index in [-0.39, 0.29) is 7.43 Å². The first-order valence-corrected chi connectivity index (χ1v) is 3.09. The Morgan fingerprint density at radius 2 is 2.27 bits per heavy atom. The molecule has 3 heteroatoms. The van der Waals surface area contributed by atoms with Gasteiger partial charge in [0.05, 0.1) is 6.33 Å². The summed E-state index contributed by atoms with van der Waals surface area (Å²) < 4.78 is 0. The third kappa shape index (κ3) is 5.08. The minimum atomic E-state index is 0. The van der Waals surface area contributed by atoms with Gasteiger partial charge in [-0.1, -0.05) is 13.5 Å². The van der Waals surface area contributed by atoms with Crippen molar-refractivity contribution in [3.63, 3.8) is 0 Å². The van der Waals surface area contributed by atoms with Gasteiger partial charge in [-0.15, -0.1) is 0 Å². The van der Waals surface area contributed by atoms with Crippen LogP contribution in [-0.4, -0.2) is 16.2 Å². The van der Waals surface area contributed by atoms with Gasteiger partial charge in [0.1, 0.15) is 0 Å². The van der Waals surface area contributed by atoms with E-state index in [0.717, 1.165) is 6.42 Å². The van der Waals surface area contributed by atoms with Crippen molar-refractivity contribution < 1.29 is 0 Å². The van der Waals surface area contributed by atoms with Gasteiger partial charge in [0.25, 0.3) is 0 Å². The van der Waals surface area contributed by atoms with Gasteiger partial charge in [-0.25, -0.2) is 4.98 Å². The Balaban J connectivity index is 0.000000167. The molecule has 2 rings (SSSR count). The third-order valence-corrected chi connectivity index (χ3v) is 0.944. The van der Waals surface area contributed by atoms with Crippen LogP contribution in [0.25, 0.3) is 0 Å². The van der Waals surface area contributed by atoms with Gasteiger partial charge < -0.3 is 4.98 Å². The van der Waals surface area contributed by atoms with E-state index >= 15 is 0 Å². The number of aliphatic imine (C=N–C) groups is 1. The number of aromatic amines is 1. The Morgan fingerprint density at radius 3 is 2.45 bits per heavy atom. The number of nitrogens with one attached hydrogen (secondary N) is 1. The fourth-order valence-electron chi connectivity index (χ4n) is 0.519. The molecule has 0 saturated heterocycles. The first kappa shape index (κ1) is 9.62. The zero-order valence-corrected chi connectivity index (χ0v) is 5.57. The molecule has 1 aliphatic heterocycles. The lowest BCUT2D eigenvalue weighted by Crippen LogP contribution is -1.51. The van der Waals surface area contributed by atoms with Gasteiger partial charge in [0.15, 0.2) is 0 Å². The Hall–Kier alpha value is -1.38. The standard InChI is InChI=1S/C4H5N.C3H4N2.CH4/c1-2-4-5-3-1;1-2-5-3-4-1;/h1,3-4H,2H2;1-3H,(H,4,5);1H4. The van der Waals surface area contributed by atoms with E-state index in [1.807, 2.05) is 12.3 Å². The second kappa shape index (κ2) is 6.74. The van der Waals surface area contributed by atoms with Gasteiger partial charge in [-0.2, -0.15) is 0 Å². The Morgan fingerprint density at radius 1 is 1.36 bits per heavy atom. The van der Waals surface area contributed by atoms with E-state index in [0.29, 0.717) is 0 Å². The van der Waals surface area contributed by atoms with Crippen molar-refractivity contribution >= 4 is 6.21 Å². The maximum Gasteiger partial charge on any atom is 0.0919 e. The molecule has 3 nitrogen and oxygen atoms in total. The average molecular weight is 151 g/mol. The number of H-pyrrole nitrogens is 1. The molecule has 2 heterocycles. The lowest BCUT2D eigenvalue weighted by molar-refractivity contribution is 1.31. The summed E-state index contributed by atoms with van der Waals surface area (Å²) in [5.41, 5.74) is 0. The van der Waals surface area contributed by atoms with Gasteiger partial charge in [-0.3, -0.25) is 4.99 Å². The van der Waals surface area contributed by atoms with Crippen LogP contribution in [0.3, 0.4) is 0 Å². The van der Waals surface area contributed by atoms with Crippen molar-refractivity contribution in [1.82, 2.24) is 9.97 Å². The summed E-state index contributed by atoms with van der Waals surface area (Å²) in [6, 6.07) is 0. The third-order valence-electron chi connectivity index (χ3n) is 0.944. The molecule has 0 radical (unpaired) electrons. The highest BCUT2D eigenvalue weighted by Crippen LogP contribution is 1.86. The molecule has 0 amide bonds. The predicted octanol–water partition coefficient (Wildman–Crippen LogP) is 2.02. The maximum atomic E-state index is 3.78. The van der Waals surface area contributed by atoms with E-state index in [1.54, 1.807) is 24.9 Å². The molecule has 0 unspecified atom stereocenters. The summed E-state index contributed by atoms with van der Waals surface area (Å²) in [5, 5.41) is 0. The minimum Gasteiger partial charge on any atom is -0.351 e. The van der Waals surface area contributed by atoms with Crippen molar-refractivity contribution in [1.29, 1.82) is 0 Å². The summed E-state index contributed by atoms with van der Waals surface area (Å²) >= 11 is 0. The fourth-order valence-corrected chi connectivity index (χ4v) is 0.519. The quantitative estimate of drug-likeness (QED) is 0.605. The van der Waals surface area contributed by atoms with Gasteiger partial charge in [-0.05, 0) is 0 Å². The van der Waals surface area contributed by atoms with E-state index in [4.69, 9.17) is 0 Å². The van der Waals surface area contributed by atoms with Crippen molar-refractivity contribution in [2.24, 2.45) is 4.99 Å². The zero-order chi connectivity index (χ0) is 7.07. The maximum absolute atomic E-state index is 3.78. The molecule has 0 aromatic carbocycles. The second-order valence-corrected chi connectivity index (χ2v) is 1.71. The number of hydrogen-bond acceptors (Lipinski definition) is 2. The largest absolute Gasteiger partial charge is 0.351 e. The molecule has 0 fully saturated rings. The van der Waals surface area contributed by atoms with Crippen LogP contribution < -0.4 is 0 Å². The number of nitrogens with zero attached hydrogens (tertiary/aromatic N) is 2. The van der Waals surface area contributed by atoms with Crippen molar-refractivity contribution in [2.45, 2.75) is 13.8 Å². The molecule has 0 bridgehead atoms. The summed E-state index contributed by atoms with van der Waals surface area (Å²) in [6.45, 7) is 0. The molecule has 0 spiro atoms. The number of imidazole rings is 1. The smallest absolute Gasteiger partial charge is 0.0919 e. The molecule has 60 valence electrons. The number of aromatic nitrogens is 2. The number of allylic oxidation sites excluding steroid dienone is 1. The van der Waals surface area contributed by atoms with Crippen LogP contribution in [0.15, 0.2) is 36.0 Å². The van der Waals surface area contributed by atoms with Crippen LogP contribution >= 0.6 is 0 Å². The monoisotopic (exact) mass is 151 g/mol. The zero-order valence-electron chi connectivity index (χ0n) is 5.57. The van der Waals surface area contributed by atoms with Crippen LogP contribution in [-0.2, 0) is 0 Å². The van der Waals surface area contributed by atoms with E-state index in [9.17, 15) is 0 Å². The first-order chi connectivity index (χ1) is 5.00. The Labute approximate surface area is 66.9 Å². The van der Waals surface area contributed by atoms with E-state index < -0.39 is 0 Å². The Kier molecular flexibility index (Phi) is 5.89. The molecule has 0 atom stereocenters. The van der Waals surface area contributed by atoms with Crippen LogP contribution in [0, 0.1) is 0 Å². The van der Waals surface area contributed by atoms with Crippen LogP contribution in [0.4, 0.5) is 0 Å². The molecule has 0 saturated carbocycles. The summed E-state index contributed by atoms with van der Waals surface area (Å²) in [4.78, 5) is 10.2. The summed E-state index contributed by atoms with van der Waals surface area (Å²) in [7, 11) is 0. The highest BCUT2D eigenvalue weighted by atomic mass is 14.8. The first-order valence-electron chi connectivity index (χ1n) is 3.09. The summed E-state index contributed by atoms with van der Waals surface area (Å²) in [5.74, 6) is 0. The molecule has 1 aromatic rings. The Bertz CT molecular complexity index is 172. The molecule has 11 heavy (non-hydrogen) atoms. The highest BCUT2D eigenvalue weighted by Gasteiger charge is 1.73.